The van der Waals surface area contributed by atoms with E-state index in [2.05, 4.69) is 15.9 Å². The zero-order valence-electron chi connectivity index (χ0n) is 12.4. The summed E-state index contributed by atoms with van der Waals surface area (Å²) in [6.45, 7) is 5.83. The van der Waals surface area contributed by atoms with Crippen molar-refractivity contribution in [2.24, 2.45) is 5.73 Å². The maximum absolute atomic E-state index is 5.85. The lowest BCUT2D eigenvalue weighted by Gasteiger charge is -2.16. The van der Waals surface area contributed by atoms with Crippen LogP contribution in [-0.4, -0.2) is 33.0 Å². The lowest BCUT2D eigenvalue weighted by Crippen LogP contribution is -2.17. The molecule has 1 unspecified atom stereocenters. The van der Waals surface area contributed by atoms with Crippen molar-refractivity contribution in [1.82, 2.24) is 0 Å². The topological polar surface area (TPSA) is 53.7 Å². The van der Waals surface area contributed by atoms with Crippen LogP contribution in [0.1, 0.15) is 25.8 Å². The van der Waals surface area contributed by atoms with Crippen molar-refractivity contribution >= 4 is 15.9 Å². The average Bonchev–Trinajstić information content (AvgIpc) is 2.36. The molecule has 4 nitrogen and oxygen atoms in total. The van der Waals surface area contributed by atoms with Gasteiger partial charge in [0.1, 0.15) is 0 Å². The van der Waals surface area contributed by atoms with Crippen LogP contribution >= 0.6 is 15.9 Å². The van der Waals surface area contributed by atoms with Crippen LogP contribution in [0.4, 0.5) is 0 Å². The molecule has 0 saturated carbocycles. The van der Waals surface area contributed by atoms with Crippen LogP contribution in [0.3, 0.4) is 0 Å². The largest absolute Gasteiger partial charge is 0.490 e. The van der Waals surface area contributed by atoms with Crippen LogP contribution in [0.5, 0.6) is 11.5 Å². The first-order chi connectivity index (χ1) is 9.58. The van der Waals surface area contributed by atoms with Gasteiger partial charge in [-0.25, -0.2) is 0 Å². The van der Waals surface area contributed by atoms with Crippen molar-refractivity contribution < 1.29 is 14.2 Å². The fourth-order valence-electron chi connectivity index (χ4n) is 1.89. The third-order valence-corrected chi connectivity index (χ3v) is 3.26. The molecule has 1 aromatic rings. The highest BCUT2D eigenvalue weighted by Crippen LogP contribution is 2.37. The zero-order valence-corrected chi connectivity index (χ0v) is 14.0. The Kier molecular flexibility index (Phi) is 7.95. The van der Waals surface area contributed by atoms with Crippen LogP contribution in [0, 0.1) is 0 Å². The number of benzene rings is 1. The van der Waals surface area contributed by atoms with Gasteiger partial charge in [-0.2, -0.15) is 0 Å². The van der Waals surface area contributed by atoms with Crippen molar-refractivity contribution in [2.75, 3.05) is 26.9 Å². The summed E-state index contributed by atoms with van der Waals surface area (Å²) >= 11 is 3.55. The number of rotatable bonds is 9. The molecule has 1 rings (SSSR count). The summed E-state index contributed by atoms with van der Waals surface area (Å²) in [4.78, 5) is 0. The number of nitrogens with two attached hydrogens (primary N) is 1. The van der Waals surface area contributed by atoms with Crippen LogP contribution in [0.2, 0.25) is 0 Å². The first-order valence-electron chi connectivity index (χ1n) is 6.91. The summed E-state index contributed by atoms with van der Waals surface area (Å²) in [6, 6.07) is 4.16. The van der Waals surface area contributed by atoms with Gasteiger partial charge in [0.25, 0.3) is 0 Å². The minimum atomic E-state index is 0.116. The predicted molar refractivity (Wildman–Crippen MR) is 84.7 cm³/mol. The van der Waals surface area contributed by atoms with Crippen LogP contribution in [0.15, 0.2) is 16.6 Å². The second-order valence-electron chi connectivity index (χ2n) is 4.71. The summed E-state index contributed by atoms with van der Waals surface area (Å²) < 4.78 is 17.4. The van der Waals surface area contributed by atoms with Crippen LogP contribution in [0.25, 0.3) is 0 Å². The first kappa shape index (κ1) is 17.3. The molecule has 0 aromatic heterocycles. The maximum atomic E-state index is 5.85. The van der Waals surface area contributed by atoms with E-state index in [1.165, 1.54) is 0 Å². The van der Waals surface area contributed by atoms with Crippen molar-refractivity contribution in [3.05, 3.63) is 22.2 Å². The van der Waals surface area contributed by atoms with Gasteiger partial charge in [0.05, 0.1) is 17.7 Å². The molecule has 1 atom stereocenters. The van der Waals surface area contributed by atoms with Crippen LogP contribution in [-0.2, 0) is 11.2 Å². The quantitative estimate of drug-likeness (QED) is 0.698. The fourth-order valence-corrected chi connectivity index (χ4v) is 2.50. The van der Waals surface area contributed by atoms with E-state index in [-0.39, 0.29) is 6.04 Å². The van der Waals surface area contributed by atoms with Gasteiger partial charge in [-0.1, -0.05) is 0 Å². The summed E-state index contributed by atoms with van der Waals surface area (Å²) in [5.41, 5.74) is 6.99. The van der Waals surface area contributed by atoms with Gasteiger partial charge in [-0.3, -0.25) is 0 Å². The molecule has 0 heterocycles. The molecular weight excluding hydrogens is 322 g/mol. The molecule has 1 aromatic carbocycles. The molecule has 114 valence electrons. The Morgan fingerprint density at radius 3 is 2.60 bits per heavy atom. The van der Waals surface area contributed by atoms with E-state index in [4.69, 9.17) is 19.9 Å². The number of hydrogen-bond acceptors (Lipinski definition) is 4. The maximum Gasteiger partial charge on any atom is 0.175 e. The van der Waals surface area contributed by atoms with Crippen molar-refractivity contribution in [1.29, 1.82) is 0 Å². The Labute approximate surface area is 129 Å². The van der Waals surface area contributed by atoms with Crippen molar-refractivity contribution in [3.8, 4) is 11.5 Å². The van der Waals surface area contributed by atoms with Gasteiger partial charge < -0.3 is 19.9 Å². The van der Waals surface area contributed by atoms with Gasteiger partial charge in [-0.05, 0) is 53.9 Å². The molecular formula is C15H24BrNO3. The highest BCUT2D eigenvalue weighted by Gasteiger charge is 2.13. The normalized spacial score (nSPS) is 12.2. The van der Waals surface area contributed by atoms with E-state index in [0.29, 0.717) is 19.8 Å². The van der Waals surface area contributed by atoms with Crippen molar-refractivity contribution in [2.45, 2.75) is 32.7 Å². The summed E-state index contributed by atoms with van der Waals surface area (Å²) in [5.74, 6) is 1.51. The SMILES string of the molecule is CCOc1cc(CC(C)N)cc(Br)c1OCCCOC. The molecule has 0 amide bonds. The molecule has 0 aliphatic rings. The first-order valence-corrected chi connectivity index (χ1v) is 7.70. The zero-order chi connectivity index (χ0) is 15.0. The third-order valence-electron chi connectivity index (χ3n) is 2.67. The lowest BCUT2D eigenvalue weighted by atomic mass is 10.1. The Hall–Kier alpha value is -0.780. The molecule has 2 N–H and O–H groups in total. The molecule has 0 aliphatic carbocycles. The second kappa shape index (κ2) is 9.21. The van der Waals surface area contributed by atoms with E-state index in [0.717, 1.165) is 34.4 Å². The second-order valence-corrected chi connectivity index (χ2v) is 5.57. The van der Waals surface area contributed by atoms with E-state index in [9.17, 15) is 0 Å². The van der Waals surface area contributed by atoms with Gasteiger partial charge >= 0.3 is 0 Å². The Morgan fingerprint density at radius 2 is 2.00 bits per heavy atom. The smallest absolute Gasteiger partial charge is 0.175 e. The molecule has 0 spiro atoms. The molecule has 0 aliphatic heterocycles. The van der Waals surface area contributed by atoms with E-state index in [1.807, 2.05) is 26.0 Å². The van der Waals surface area contributed by atoms with Gasteiger partial charge in [-0.15, -0.1) is 0 Å². The number of halogens is 1. The standard InChI is InChI=1S/C15H24BrNO3/c1-4-19-14-10-12(8-11(2)17)9-13(16)15(14)20-7-5-6-18-3/h9-11H,4-8,17H2,1-3H3. The van der Waals surface area contributed by atoms with Gasteiger partial charge in [0.15, 0.2) is 11.5 Å². The highest BCUT2D eigenvalue weighted by atomic mass is 79.9. The summed E-state index contributed by atoms with van der Waals surface area (Å²) in [6.07, 6.45) is 1.65. The van der Waals surface area contributed by atoms with Crippen molar-refractivity contribution in [3.63, 3.8) is 0 Å². The molecule has 0 saturated heterocycles. The minimum Gasteiger partial charge on any atom is -0.490 e. The predicted octanol–water partition coefficient (Wildman–Crippen LogP) is 3.15. The molecule has 0 bridgehead atoms. The molecule has 20 heavy (non-hydrogen) atoms. The number of hydrogen-bond donors (Lipinski definition) is 1. The average molecular weight is 346 g/mol. The summed E-state index contributed by atoms with van der Waals surface area (Å²) in [7, 11) is 1.68. The Bertz CT molecular complexity index is 410. The lowest BCUT2D eigenvalue weighted by molar-refractivity contribution is 0.169. The highest BCUT2D eigenvalue weighted by molar-refractivity contribution is 9.10. The van der Waals surface area contributed by atoms with Gasteiger partial charge in [0.2, 0.25) is 0 Å². The minimum absolute atomic E-state index is 0.116. The molecule has 0 radical (unpaired) electrons. The molecule has 0 fully saturated rings. The van der Waals surface area contributed by atoms with E-state index in [1.54, 1.807) is 7.11 Å². The third kappa shape index (κ3) is 5.69. The van der Waals surface area contributed by atoms with Gasteiger partial charge in [0, 0.05) is 26.2 Å². The number of methoxy groups -OCH3 is 1. The Morgan fingerprint density at radius 1 is 1.25 bits per heavy atom. The van der Waals surface area contributed by atoms with Crippen LogP contribution < -0.4 is 15.2 Å². The monoisotopic (exact) mass is 345 g/mol. The number of ether oxygens (including phenoxy) is 3. The molecule has 5 heteroatoms. The fraction of sp³-hybridized carbons (Fsp3) is 0.600. The van der Waals surface area contributed by atoms with E-state index >= 15 is 0 Å². The Balaban J connectivity index is 2.85. The van der Waals surface area contributed by atoms with E-state index < -0.39 is 0 Å². The summed E-state index contributed by atoms with van der Waals surface area (Å²) in [5, 5.41) is 0.